The fourth-order valence-corrected chi connectivity index (χ4v) is 3.61. The molecule has 1 aromatic rings. The van der Waals surface area contributed by atoms with Crippen LogP contribution in [0.4, 0.5) is 0 Å². The number of carbonyl (C=O) groups excluding carboxylic acids is 2. The Morgan fingerprint density at radius 2 is 1.96 bits per heavy atom. The van der Waals surface area contributed by atoms with Crippen molar-refractivity contribution in [3.8, 4) is 11.5 Å². The van der Waals surface area contributed by atoms with E-state index in [2.05, 4.69) is 12.2 Å². The largest absolute Gasteiger partial charge is 0.489 e. The van der Waals surface area contributed by atoms with Crippen LogP contribution >= 0.6 is 11.6 Å². The zero-order chi connectivity index (χ0) is 18.5. The van der Waals surface area contributed by atoms with Gasteiger partial charge >= 0.3 is 5.97 Å². The van der Waals surface area contributed by atoms with Crippen molar-refractivity contribution in [1.29, 1.82) is 0 Å². The van der Waals surface area contributed by atoms with E-state index in [-0.39, 0.29) is 29.1 Å². The van der Waals surface area contributed by atoms with Crippen LogP contribution in [-0.4, -0.2) is 37.7 Å². The van der Waals surface area contributed by atoms with Gasteiger partial charge in [-0.15, -0.1) is 0 Å². The topological polar surface area (TPSA) is 73.9 Å². The van der Waals surface area contributed by atoms with Crippen LogP contribution < -0.4 is 14.8 Å². The fourth-order valence-electron chi connectivity index (χ4n) is 3.34. The quantitative estimate of drug-likeness (QED) is 0.809. The molecule has 1 aliphatic heterocycles. The van der Waals surface area contributed by atoms with Crippen molar-refractivity contribution in [1.82, 2.24) is 5.32 Å². The minimum atomic E-state index is -0.616. The molecule has 0 spiro atoms. The summed E-state index contributed by atoms with van der Waals surface area (Å²) in [6, 6.07) is 3.16. The molecule has 1 fully saturated rings. The number of benzene rings is 1. The van der Waals surface area contributed by atoms with E-state index >= 15 is 0 Å². The zero-order valence-corrected chi connectivity index (χ0v) is 15.6. The lowest BCUT2D eigenvalue weighted by molar-refractivity contribution is -0.125. The van der Waals surface area contributed by atoms with Crippen molar-refractivity contribution in [2.45, 2.75) is 45.1 Å². The molecule has 142 valence electrons. The molecule has 6 nitrogen and oxygen atoms in total. The van der Waals surface area contributed by atoms with Gasteiger partial charge in [-0.25, -0.2) is 4.79 Å². The molecule has 3 rings (SSSR count). The number of hydrogen-bond acceptors (Lipinski definition) is 5. The van der Waals surface area contributed by atoms with Gasteiger partial charge in [0.05, 0.1) is 23.8 Å². The highest BCUT2D eigenvalue weighted by Crippen LogP contribution is 2.38. The fraction of sp³-hybridized carbons (Fsp3) is 0.579. The van der Waals surface area contributed by atoms with E-state index in [1.165, 1.54) is 18.6 Å². The predicted octanol–water partition coefficient (Wildman–Crippen LogP) is 3.35. The van der Waals surface area contributed by atoms with Crippen molar-refractivity contribution in [3.05, 3.63) is 22.7 Å². The van der Waals surface area contributed by atoms with E-state index in [4.69, 9.17) is 25.8 Å². The van der Waals surface area contributed by atoms with Crippen LogP contribution in [0.2, 0.25) is 5.02 Å². The summed E-state index contributed by atoms with van der Waals surface area (Å²) in [5, 5.41) is 3.25. The molecule has 0 bridgehead atoms. The maximum atomic E-state index is 12.3. The maximum absolute atomic E-state index is 12.3. The molecule has 1 saturated carbocycles. The SMILES string of the molecule is C[C@@H]1CCCC[C@@H]1NC(=O)COC(=O)c1cc(Cl)c2c(c1)OCCCO2. The molecule has 26 heavy (non-hydrogen) atoms. The lowest BCUT2D eigenvalue weighted by atomic mass is 9.86. The van der Waals surface area contributed by atoms with Crippen LogP contribution in [-0.2, 0) is 9.53 Å². The highest BCUT2D eigenvalue weighted by Gasteiger charge is 2.24. The summed E-state index contributed by atoms with van der Waals surface area (Å²) in [5.74, 6) is 0.406. The summed E-state index contributed by atoms with van der Waals surface area (Å²) in [6.45, 7) is 2.82. The number of amides is 1. The molecule has 1 aliphatic carbocycles. The summed E-state index contributed by atoms with van der Waals surface area (Å²) in [5.41, 5.74) is 0.234. The molecule has 0 radical (unpaired) electrons. The minimum absolute atomic E-state index is 0.155. The van der Waals surface area contributed by atoms with E-state index in [1.807, 2.05) is 0 Å². The first-order valence-electron chi connectivity index (χ1n) is 9.10. The van der Waals surface area contributed by atoms with Gasteiger partial charge in [-0.1, -0.05) is 31.4 Å². The number of ether oxygens (including phenoxy) is 3. The second-order valence-electron chi connectivity index (χ2n) is 6.85. The van der Waals surface area contributed by atoms with Crippen LogP contribution in [0.15, 0.2) is 12.1 Å². The number of nitrogens with one attached hydrogen (secondary N) is 1. The van der Waals surface area contributed by atoms with Gasteiger partial charge < -0.3 is 19.5 Å². The van der Waals surface area contributed by atoms with Crippen molar-refractivity contribution in [2.75, 3.05) is 19.8 Å². The Bertz CT molecular complexity index is 678. The van der Waals surface area contributed by atoms with Gasteiger partial charge in [-0.05, 0) is 30.9 Å². The number of halogens is 1. The van der Waals surface area contributed by atoms with Gasteiger partial charge in [-0.3, -0.25) is 4.79 Å². The molecule has 0 saturated heterocycles. The van der Waals surface area contributed by atoms with Crippen molar-refractivity contribution < 1.29 is 23.8 Å². The van der Waals surface area contributed by atoms with Gasteiger partial charge in [0, 0.05) is 12.5 Å². The average Bonchev–Trinajstić information content (AvgIpc) is 2.87. The van der Waals surface area contributed by atoms with Gasteiger partial charge in [0.25, 0.3) is 5.91 Å². The first-order chi connectivity index (χ1) is 12.5. The standard InChI is InChI=1S/C19H24ClNO5/c1-12-5-2-3-6-15(12)21-17(22)11-26-19(23)13-9-14(20)18-16(10-13)24-7-4-8-25-18/h9-10,12,15H,2-8,11H2,1H3,(H,21,22)/t12-,15+/m1/s1. The Morgan fingerprint density at radius 3 is 2.77 bits per heavy atom. The van der Waals surface area contributed by atoms with Gasteiger partial charge in [0.2, 0.25) is 0 Å². The van der Waals surface area contributed by atoms with Crippen LogP contribution in [0.5, 0.6) is 11.5 Å². The highest BCUT2D eigenvalue weighted by atomic mass is 35.5. The molecule has 0 aromatic heterocycles. The monoisotopic (exact) mass is 381 g/mol. The number of carbonyl (C=O) groups is 2. The number of esters is 1. The highest BCUT2D eigenvalue weighted by molar-refractivity contribution is 6.32. The first-order valence-corrected chi connectivity index (χ1v) is 9.48. The minimum Gasteiger partial charge on any atom is -0.489 e. The predicted molar refractivity (Wildman–Crippen MR) is 96.9 cm³/mol. The molecule has 2 aliphatic rings. The van der Waals surface area contributed by atoms with E-state index in [0.717, 1.165) is 25.7 Å². The number of fused-ring (bicyclic) bond motifs is 1. The van der Waals surface area contributed by atoms with Crippen LogP contribution in [0, 0.1) is 5.92 Å². The molecule has 1 amide bonds. The molecule has 1 heterocycles. The van der Waals surface area contributed by atoms with Crippen molar-refractivity contribution >= 4 is 23.5 Å². The molecule has 1 N–H and O–H groups in total. The smallest absolute Gasteiger partial charge is 0.338 e. The normalized spacial score (nSPS) is 22.2. The molecular formula is C19H24ClNO5. The third-order valence-corrected chi connectivity index (χ3v) is 5.11. The van der Waals surface area contributed by atoms with E-state index in [0.29, 0.717) is 30.6 Å². The number of rotatable bonds is 4. The number of hydrogen-bond donors (Lipinski definition) is 1. The summed E-state index contributed by atoms with van der Waals surface area (Å²) < 4.78 is 16.2. The summed E-state index contributed by atoms with van der Waals surface area (Å²) in [7, 11) is 0. The average molecular weight is 382 g/mol. The summed E-state index contributed by atoms with van der Waals surface area (Å²) in [4.78, 5) is 24.4. The van der Waals surface area contributed by atoms with Crippen LogP contribution in [0.25, 0.3) is 0 Å². The van der Waals surface area contributed by atoms with Crippen LogP contribution in [0.3, 0.4) is 0 Å². The Kier molecular flexibility index (Phi) is 6.25. The summed E-state index contributed by atoms with van der Waals surface area (Å²) >= 11 is 6.18. The van der Waals surface area contributed by atoms with Gasteiger partial charge in [-0.2, -0.15) is 0 Å². The maximum Gasteiger partial charge on any atom is 0.338 e. The Hall–Kier alpha value is -1.95. The van der Waals surface area contributed by atoms with Gasteiger partial charge in [0.1, 0.15) is 0 Å². The van der Waals surface area contributed by atoms with Crippen molar-refractivity contribution in [3.63, 3.8) is 0 Å². The Balaban J connectivity index is 1.57. The lowest BCUT2D eigenvalue weighted by Gasteiger charge is -2.29. The zero-order valence-electron chi connectivity index (χ0n) is 14.9. The summed E-state index contributed by atoms with van der Waals surface area (Å²) in [6.07, 6.45) is 5.14. The lowest BCUT2D eigenvalue weighted by Crippen LogP contribution is -2.42. The van der Waals surface area contributed by atoms with Gasteiger partial charge in [0.15, 0.2) is 18.1 Å². The molecule has 0 unspecified atom stereocenters. The third kappa shape index (κ3) is 4.61. The Labute approximate surface area is 158 Å². The second-order valence-corrected chi connectivity index (χ2v) is 7.25. The van der Waals surface area contributed by atoms with Crippen molar-refractivity contribution in [2.24, 2.45) is 5.92 Å². The van der Waals surface area contributed by atoms with E-state index in [9.17, 15) is 9.59 Å². The van der Waals surface area contributed by atoms with Crippen LogP contribution in [0.1, 0.15) is 49.4 Å². The van der Waals surface area contributed by atoms with E-state index < -0.39 is 5.97 Å². The molecule has 7 heteroatoms. The Morgan fingerprint density at radius 1 is 1.19 bits per heavy atom. The third-order valence-electron chi connectivity index (χ3n) is 4.83. The second kappa shape index (κ2) is 8.62. The first kappa shape index (κ1) is 18.8. The molecule has 2 atom stereocenters. The van der Waals surface area contributed by atoms with E-state index in [1.54, 1.807) is 0 Å². The molecular weight excluding hydrogens is 358 g/mol. The molecule has 1 aromatic carbocycles.